The van der Waals surface area contributed by atoms with Gasteiger partial charge in [-0.25, -0.2) is 0 Å². The molecule has 2 rings (SSSR count). The van der Waals surface area contributed by atoms with Gasteiger partial charge in [0, 0.05) is 21.8 Å². The van der Waals surface area contributed by atoms with Crippen LogP contribution in [0.4, 0.5) is 24.5 Å². The number of nitrogens with one attached hydrogen (secondary N) is 1. The Kier molecular flexibility index (Phi) is 4.42. The molecule has 3 N–H and O–H groups in total. The highest BCUT2D eigenvalue weighted by Gasteiger charge is 2.29. The minimum absolute atomic E-state index is 0.0597. The summed E-state index contributed by atoms with van der Waals surface area (Å²) < 4.78 is 36.6. The zero-order chi connectivity index (χ0) is 15.5. The molecule has 0 heterocycles. The lowest BCUT2D eigenvalue weighted by atomic mass is 10.2. The van der Waals surface area contributed by atoms with Crippen molar-refractivity contribution in [3.8, 4) is 0 Å². The summed E-state index contributed by atoms with van der Waals surface area (Å²) in [5, 5.41) is 2.59. The standard InChI is InChI=1S/C14H11F3N2OS/c15-14(16,17)21-12-6-4-11(5-7-12)19-13(20)9-2-1-3-10(18)8-9/h1-8H,18H2,(H,19,20). The van der Waals surface area contributed by atoms with E-state index >= 15 is 0 Å². The molecule has 3 nitrogen and oxygen atoms in total. The third kappa shape index (κ3) is 4.71. The molecule has 0 unspecified atom stereocenters. The molecule has 0 aliphatic heterocycles. The van der Waals surface area contributed by atoms with E-state index in [-0.39, 0.29) is 22.6 Å². The van der Waals surface area contributed by atoms with Crippen LogP contribution >= 0.6 is 11.8 Å². The van der Waals surface area contributed by atoms with Crippen LogP contribution in [0, 0.1) is 0 Å². The minimum Gasteiger partial charge on any atom is -0.399 e. The van der Waals surface area contributed by atoms with Gasteiger partial charge in [0.1, 0.15) is 0 Å². The first-order valence-corrected chi connectivity index (χ1v) is 6.68. The number of hydrogen-bond donors (Lipinski definition) is 2. The Labute approximate surface area is 123 Å². The summed E-state index contributed by atoms with van der Waals surface area (Å²) in [6.07, 6.45) is 0. The average molecular weight is 312 g/mol. The summed E-state index contributed by atoms with van der Waals surface area (Å²) in [7, 11) is 0. The molecular formula is C14H11F3N2OS. The topological polar surface area (TPSA) is 55.1 Å². The molecule has 0 aliphatic carbocycles. The number of halogens is 3. The molecule has 0 fully saturated rings. The first-order valence-electron chi connectivity index (χ1n) is 5.86. The lowest BCUT2D eigenvalue weighted by Crippen LogP contribution is -2.12. The zero-order valence-corrected chi connectivity index (χ0v) is 11.5. The van der Waals surface area contributed by atoms with Crippen molar-refractivity contribution in [3.05, 3.63) is 54.1 Å². The molecule has 110 valence electrons. The minimum atomic E-state index is -4.33. The van der Waals surface area contributed by atoms with E-state index in [2.05, 4.69) is 5.32 Å². The lowest BCUT2D eigenvalue weighted by Gasteiger charge is -2.08. The second-order valence-corrected chi connectivity index (χ2v) is 5.29. The molecule has 0 radical (unpaired) electrons. The molecule has 0 spiro atoms. The maximum absolute atomic E-state index is 12.2. The van der Waals surface area contributed by atoms with Crippen LogP contribution in [0.5, 0.6) is 0 Å². The van der Waals surface area contributed by atoms with E-state index in [1.807, 2.05) is 0 Å². The number of hydrogen-bond acceptors (Lipinski definition) is 3. The highest BCUT2D eigenvalue weighted by atomic mass is 32.2. The van der Waals surface area contributed by atoms with Crippen molar-refractivity contribution in [2.45, 2.75) is 10.4 Å². The van der Waals surface area contributed by atoms with Gasteiger partial charge in [-0.15, -0.1) is 0 Å². The van der Waals surface area contributed by atoms with Crippen LogP contribution in [0.1, 0.15) is 10.4 Å². The zero-order valence-electron chi connectivity index (χ0n) is 10.6. The average Bonchev–Trinajstić information content (AvgIpc) is 2.39. The van der Waals surface area contributed by atoms with Crippen LogP contribution in [0.25, 0.3) is 0 Å². The van der Waals surface area contributed by atoms with E-state index in [0.29, 0.717) is 16.9 Å². The summed E-state index contributed by atoms with van der Waals surface area (Å²) in [5.74, 6) is -0.376. The number of carbonyl (C=O) groups excluding carboxylic acids is 1. The van der Waals surface area contributed by atoms with Gasteiger partial charge in [-0.1, -0.05) is 6.07 Å². The van der Waals surface area contributed by atoms with Gasteiger partial charge in [-0.05, 0) is 54.2 Å². The van der Waals surface area contributed by atoms with Gasteiger partial charge in [0.25, 0.3) is 5.91 Å². The smallest absolute Gasteiger partial charge is 0.399 e. The van der Waals surface area contributed by atoms with Crippen molar-refractivity contribution in [1.29, 1.82) is 0 Å². The maximum atomic E-state index is 12.2. The Morgan fingerprint density at radius 2 is 1.76 bits per heavy atom. The van der Waals surface area contributed by atoms with Crippen LogP contribution in [0.3, 0.4) is 0 Å². The van der Waals surface area contributed by atoms with Crippen LogP contribution in [0.15, 0.2) is 53.4 Å². The Hall–Kier alpha value is -2.15. The number of benzene rings is 2. The molecular weight excluding hydrogens is 301 g/mol. The number of amides is 1. The van der Waals surface area contributed by atoms with Crippen LogP contribution in [0.2, 0.25) is 0 Å². The molecule has 21 heavy (non-hydrogen) atoms. The van der Waals surface area contributed by atoms with Gasteiger partial charge in [-0.2, -0.15) is 13.2 Å². The van der Waals surface area contributed by atoms with Gasteiger partial charge in [0.05, 0.1) is 0 Å². The summed E-state index contributed by atoms with van der Waals surface area (Å²) in [6, 6.07) is 11.8. The predicted molar refractivity (Wildman–Crippen MR) is 77.2 cm³/mol. The second kappa shape index (κ2) is 6.09. The monoisotopic (exact) mass is 312 g/mol. The highest BCUT2D eigenvalue weighted by molar-refractivity contribution is 8.00. The maximum Gasteiger partial charge on any atom is 0.446 e. The quantitative estimate of drug-likeness (QED) is 0.662. The van der Waals surface area contributed by atoms with Gasteiger partial charge < -0.3 is 11.1 Å². The first-order chi connectivity index (χ1) is 9.83. The summed E-state index contributed by atoms with van der Waals surface area (Å²) >= 11 is -0.203. The van der Waals surface area contributed by atoms with Gasteiger partial charge in [0.2, 0.25) is 0 Å². The van der Waals surface area contributed by atoms with Crippen molar-refractivity contribution in [1.82, 2.24) is 0 Å². The number of rotatable bonds is 3. The number of thioether (sulfide) groups is 1. The molecule has 2 aromatic carbocycles. The Bertz CT molecular complexity index is 641. The van der Waals surface area contributed by atoms with E-state index in [4.69, 9.17) is 5.73 Å². The third-order valence-electron chi connectivity index (χ3n) is 2.49. The molecule has 0 atom stereocenters. The summed E-state index contributed by atoms with van der Waals surface area (Å²) in [6.45, 7) is 0. The number of anilines is 2. The number of nitrogens with two attached hydrogens (primary N) is 1. The van der Waals surface area contributed by atoms with E-state index in [1.165, 1.54) is 30.3 Å². The van der Waals surface area contributed by atoms with Gasteiger partial charge in [0.15, 0.2) is 0 Å². The van der Waals surface area contributed by atoms with Crippen LogP contribution < -0.4 is 11.1 Å². The highest BCUT2D eigenvalue weighted by Crippen LogP contribution is 2.37. The number of carbonyl (C=O) groups is 1. The van der Waals surface area contributed by atoms with Crippen molar-refractivity contribution in [3.63, 3.8) is 0 Å². The lowest BCUT2D eigenvalue weighted by molar-refractivity contribution is -0.0328. The third-order valence-corrected chi connectivity index (χ3v) is 3.23. The van der Waals surface area contributed by atoms with Crippen molar-refractivity contribution >= 4 is 29.0 Å². The molecule has 2 aromatic rings. The SMILES string of the molecule is Nc1cccc(C(=O)Nc2ccc(SC(F)(F)F)cc2)c1. The van der Waals surface area contributed by atoms with Crippen molar-refractivity contribution < 1.29 is 18.0 Å². The van der Waals surface area contributed by atoms with E-state index in [1.54, 1.807) is 18.2 Å². The molecule has 0 saturated carbocycles. The van der Waals surface area contributed by atoms with E-state index in [9.17, 15) is 18.0 Å². The molecule has 1 amide bonds. The summed E-state index contributed by atoms with van der Waals surface area (Å²) in [4.78, 5) is 12.0. The molecule has 7 heteroatoms. The van der Waals surface area contributed by atoms with E-state index < -0.39 is 5.51 Å². The summed E-state index contributed by atoms with van der Waals surface area (Å²) in [5.41, 5.74) is 2.50. The predicted octanol–water partition coefficient (Wildman–Crippen LogP) is 4.13. The van der Waals surface area contributed by atoms with Crippen molar-refractivity contribution in [2.24, 2.45) is 0 Å². The molecule has 0 saturated heterocycles. The Balaban J connectivity index is 2.05. The first kappa shape index (κ1) is 15.2. The van der Waals surface area contributed by atoms with E-state index in [0.717, 1.165) is 0 Å². The molecule has 0 aromatic heterocycles. The van der Waals surface area contributed by atoms with Crippen LogP contribution in [-0.4, -0.2) is 11.4 Å². The molecule has 0 aliphatic rings. The fraction of sp³-hybridized carbons (Fsp3) is 0.0714. The number of alkyl halides is 3. The number of nitrogen functional groups attached to an aromatic ring is 1. The van der Waals surface area contributed by atoms with Crippen LogP contribution in [-0.2, 0) is 0 Å². The molecule has 0 bridgehead atoms. The van der Waals surface area contributed by atoms with Gasteiger partial charge >= 0.3 is 5.51 Å². The normalized spacial score (nSPS) is 11.2. The fourth-order valence-electron chi connectivity index (χ4n) is 1.62. The Morgan fingerprint density at radius 1 is 1.10 bits per heavy atom. The van der Waals surface area contributed by atoms with Gasteiger partial charge in [-0.3, -0.25) is 4.79 Å². The Morgan fingerprint density at radius 3 is 2.33 bits per heavy atom. The van der Waals surface area contributed by atoms with Crippen molar-refractivity contribution in [2.75, 3.05) is 11.1 Å². The fourth-order valence-corrected chi connectivity index (χ4v) is 2.16. The largest absolute Gasteiger partial charge is 0.446 e. The second-order valence-electron chi connectivity index (χ2n) is 4.15.